The summed E-state index contributed by atoms with van der Waals surface area (Å²) in [4.78, 5) is 20.4. The third-order valence-corrected chi connectivity index (χ3v) is 3.04. The van der Waals surface area contributed by atoms with Crippen LogP contribution < -0.4 is 5.32 Å². The van der Waals surface area contributed by atoms with Gasteiger partial charge in [-0.3, -0.25) is 5.32 Å². The topological polar surface area (TPSA) is 119 Å². The van der Waals surface area contributed by atoms with Crippen LogP contribution >= 0.6 is 0 Å². The predicted octanol–water partition coefficient (Wildman–Crippen LogP) is 1.37. The summed E-state index contributed by atoms with van der Waals surface area (Å²) in [6, 6.07) is 9.61. The van der Waals surface area contributed by atoms with Gasteiger partial charge < -0.3 is 9.47 Å². The molecule has 0 radical (unpaired) electrons. The van der Waals surface area contributed by atoms with Crippen molar-refractivity contribution in [2.45, 2.75) is 5.79 Å². The van der Waals surface area contributed by atoms with E-state index < -0.39 is 5.79 Å². The summed E-state index contributed by atoms with van der Waals surface area (Å²) in [5.74, 6) is -1.27. The summed E-state index contributed by atoms with van der Waals surface area (Å²) in [5.41, 5.74) is 0.674. The molecule has 0 atom stereocenters. The highest BCUT2D eigenvalue weighted by atomic mass is 16.5. The monoisotopic (exact) mass is 326 g/mol. The van der Waals surface area contributed by atoms with Crippen molar-refractivity contribution in [1.29, 1.82) is 0 Å². The summed E-state index contributed by atoms with van der Waals surface area (Å²) in [7, 11) is 2.95. The Morgan fingerprint density at radius 1 is 0.958 bits per heavy atom. The summed E-state index contributed by atoms with van der Waals surface area (Å²) in [6.07, 6.45) is 2.65. The molecule has 10 nitrogen and oxygen atoms in total. The third kappa shape index (κ3) is 3.16. The van der Waals surface area contributed by atoms with Gasteiger partial charge in [0.15, 0.2) is 0 Å². The minimum Gasteiger partial charge on any atom is -0.468 e. The standard InChI is InChI=1S/C14H14N8O2/c1-23-12-18-13(24-2)20-14(19-12,10-6-4-3-5-7-10)22-21-11-16-8-15-9-17-11/h3-9H,1-2H3,(H,18,19,20). The molecule has 2 heterocycles. The molecular formula is C14H14N8O2. The van der Waals surface area contributed by atoms with Crippen LogP contribution in [0.3, 0.4) is 0 Å². The molecule has 1 aliphatic rings. The van der Waals surface area contributed by atoms with E-state index >= 15 is 0 Å². The number of nitrogens with one attached hydrogen (secondary N) is 1. The summed E-state index contributed by atoms with van der Waals surface area (Å²) >= 11 is 0. The summed E-state index contributed by atoms with van der Waals surface area (Å²) in [5, 5.41) is 11.1. The maximum atomic E-state index is 5.19. The highest BCUT2D eigenvalue weighted by Gasteiger charge is 2.37. The van der Waals surface area contributed by atoms with E-state index in [4.69, 9.17) is 9.47 Å². The molecule has 0 amide bonds. The minimum absolute atomic E-state index is 0.141. The number of benzene rings is 1. The van der Waals surface area contributed by atoms with Gasteiger partial charge in [-0.1, -0.05) is 30.3 Å². The Balaban J connectivity index is 2.11. The van der Waals surface area contributed by atoms with Crippen LogP contribution in [0.4, 0.5) is 5.95 Å². The van der Waals surface area contributed by atoms with Gasteiger partial charge >= 0.3 is 0 Å². The SMILES string of the molecule is COC1=NC(N=Nc2ncncn2)(c2ccccc2)N=C(OC)N1. The Labute approximate surface area is 137 Å². The van der Waals surface area contributed by atoms with Crippen LogP contribution in [0.1, 0.15) is 5.56 Å². The number of aromatic nitrogens is 3. The van der Waals surface area contributed by atoms with Gasteiger partial charge in [0.2, 0.25) is 0 Å². The van der Waals surface area contributed by atoms with Crippen molar-refractivity contribution in [3.63, 3.8) is 0 Å². The fourth-order valence-electron chi connectivity index (χ4n) is 1.94. The van der Waals surface area contributed by atoms with Crippen LogP contribution in [0.5, 0.6) is 0 Å². The first kappa shape index (κ1) is 15.5. The van der Waals surface area contributed by atoms with Gasteiger partial charge in [-0.25, -0.2) is 4.98 Å². The fourth-order valence-corrected chi connectivity index (χ4v) is 1.94. The number of azo groups is 1. The normalized spacial score (nSPS) is 16.1. The van der Waals surface area contributed by atoms with Gasteiger partial charge in [0.1, 0.15) is 12.7 Å². The first-order valence-electron chi connectivity index (χ1n) is 6.91. The molecular weight excluding hydrogens is 312 g/mol. The second-order valence-electron chi connectivity index (χ2n) is 4.51. The molecule has 0 bridgehead atoms. The zero-order valence-corrected chi connectivity index (χ0v) is 13.0. The van der Waals surface area contributed by atoms with Gasteiger partial charge in [-0.15, -0.1) is 10.2 Å². The van der Waals surface area contributed by atoms with Crippen molar-refractivity contribution < 1.29 is 9.47 Å². The Hall–Kier alpha value is -3.43. The Kier molecular flexibility index (Phi) is 4.36. The van der Waals surface area contributed by atoms with E-state index in [1.165, 1.54) is 26.9 Å². The third-order valence-electron chi connectivity index (χ3n) is 3.04. The van der Waals surface area contributed by atoms with Crippen molar-refractivity contribution in [3.05, 3.63) is 48.5 Å². The molecule has 1 N–H and O–H groups in total. The van der Waals surface area contributed by atoms with Crippen LogP contribution in [0.2, 0.25) is 0 Å². The average Bonchev–Trinajstić information content (AvgIpc) is 2.67. The maximum Gasteiger partial charge on any atom is 0.299 e. The van der Waals surface area contributed by atoms with Crippen molar-refractivity contribution in [2.24, 2.45) is 20.2 Å². The van der Waals surface area contributed by atoms with E-state index in [0.717, 1.165) is 0 Å². The molecule has 1 aromatic carbocycles. The molecule has 1 aliphatic heterocycles. The molecule has 24 heavy (non-hydrogen) atoms. The maximum absolute atomic E-state index is 5.19. The highest BCUT2D eigenvalue weighted by Crippen LogP contribution is 2.32. The van der Waals surface area contributed by atoms with E-state index in [1.54, 1.807) is 0 Å². The van der Waals surface area contributed by atoms with Crippen molar-refractivity contribution in [3.8, 4) is 0 Å². The zero-order chi connectivity index (χ0) is 16.8. The smallest absolute Gasteiger partial charge is 0.299 e. The molecule has 0 spiro atoms. The van der Waals surface area contributed by atoms with Crippen LogP contribution in [0.15, 0.2) is 63.2 Å². The van der Waals surface area contributed by atoms with Crippen LogP contribution in [-0.2, 0) is 15.3 Å². The first-order valence-corrected chi connectivity index (χ1v) is 6.91. The largest absolute Gasteiger partial charge is 0.468 e. The zero-order valence-electron chi connectivity index (χ0n) is 13.0. The first-order chi connectivity index (χ1) is 11.8. The summed E-state index contributed by atoms with van der Waals surface area (Å²) in [6.45, 7) is 0. The number of ether oxygens (including phenoxy) is 2. The van der Waals surface area contributed by atoms with Gasteiger partial charge in [-0.05, 0) is 0 Å². The Morgan fingerprint density at radius 2 is 1.58 bits per heavy atom. The van der Waals surface area contributed by atoms with E-state index in [-0.39, 0.29) is 18.0 Å². The molecule has 10 heteroatoms. The lowest BCUT2D eigenvalue weighted by Gasteiger charge is -2.26. The lowest BCUT2D eigenvalue weighted by atomic mass is 10.1. The molecule has 1 aromatic heterocycles. The van der Waals surface area contributed by atoms with Crippen LogP contribution in [0.25, 0.3) is 0 Å². The number of amidine groups is 2. The van der Waals surface area contributed by atoms with Crippen LogP contribution in [-0.4, -0.2) is 41.2 Å². The number of hydrogen-bond acceptors (Lipinski definition) is 10. The van der Waals surface area contributed by atoms with Crippen LogP contribution in [0, 0.1) is 0 Å². The minimum atomic E-state index is -1.41. The lowest BCUT2D eigenvalue weighted by Crippen LogP contribution is -2.41. The fraction of sp³-hybridized carbons (Fsp3) is 0.214. The highest BCUT2D eigenvalue weighted by molar-refractivity contribution is 5.95. The predicted molar refractivity (Wildman–Crippen MR) is 84.5 cm³/mol. The molecule has 3 rings (SSSR count). The molecule has 0 saturated heterocycles. The molecule has 0 fully saturated rings. The second kappa shape index (κ2) is 6.77. The number of aliphatic imine (C=N–C) groups is 2. The van der Waals surface area contributed by atoms with E-state index in [0.29, 0.717) is 5.56 Å². The number of methoxy groups -OCH3 is 2. The molecule has 122 valence electrons. The van der Waals surface area contributed by atoms with E-state index in [1.807, 2.05) is 30.3 Å². The van der Waals surface area contributed by atoms with E-state index in [2.05, 4.69) is 40.5 Å². The molecule has 0 unspecified atom stereocenters. The Bertz CT molecular complexity index is 756. The average molecular weight is 326 g/mol. The second-order valence-corrected chi connectivity index (χ2v) is 4.51. The Morgan fingerprint density at radius 3 is 2.17 bits per heavy atom. The van der Waals surface area contributed by atoms with Gasteiger partial charge in [0, 0.05) is 5.56 Å². The molecule has 2 aromatic rings. The molecule has 0 aliphatic carbocycles. The van der Waals surface area contributed by atoms with Crippen molar-refractivity contribution in [1.82, 2.24) is 20.3 Å². The van der Waals surface area contributed by atoms with Gasteiger partial charge in [-0.2, -0.15) is 20.0 Å². The van der Waals surface area contributed by atoms with E-state index in [9.17, 15) is 0 Å². The number of hydrogen-bond donors (Lipinski definition) is 1. The van der Waals surface area contributed by atoms with Crippen molar-refractivity contribution in [2.75, 3.05) is 14.2 Å². The number of nitrogens with zero attached hydrogens (tertiary/aromatic N) is 7. The van der Waals surface area contributed by atoms with Gasteiger partial charge in [0.25, 0.3) is 23.8 Å². The van der Waals surface area contributed by atoms with Crippen molar-refractivity contribution >= 4 is 18.0 Å². The lowest BCUT2D eigenvalue weighted by molar-refractivity contribution is 0.319. The van der Waals surface area contributed by atoms with Gasteiger partial charge in [0.05, 0.1) is 14.2 Å². The summed E-state index contributed by atoms with van der Waals surface area (Å²) < 4.78 is 10.4. The number of rotatable bonds is 3. The quantitative estimate of drug-likeness (QED) is 0.851. The molecule has 0 saturated carbocycles.